The zero-order valence-corrected chi connectivity index (χ0v) is 17.5. The highest BCUT2D eigenvalue weighted by Crippen LogP contribution is 2.39. The minimum atomic E-state index is -0.983. The summed E-state index contributed by atoms with van der Waals surface area (Å²) in [7, 11) is 0. The standard InChI is InChI=1S/C21H17BrClNO5/c22-14-7-3-12(4-8-14)18-17(19(27)13-5-9-15(23)10-6-13)20(28)21(29)24(18)11-1-2-16(25)26/h3-10,18,27H,1-2,11H2,(H,25,26)/b19-17-. The SMILES string of the molecule is O=C(O)CCCN1C(=O)C(=O)/C(=C(\O)c2ccc(Cl)cc2)C1c1ccc(Br)cc1. The van der Waals surface area contributed by atoms with Gasteiger partial charge in [-0.05, 0) is 48.4 Å². The van der Waals surface area contributed by atoms with Gasteiger partial charge in [0.25, 0.3) is 11.7 Å². The fraction of sp³-hybridized carbons (Fsp3) is 0.190. The molecule has 0 radical (unpaired) electrons. The minimum Gasteiger partial charge on any atom is -0.507 e. The highest BCUT2D eigenvalue weighted by molar-refractivity contribution is 9.10. The maximum absolute atomic E-state index is 12.8. The molecule has 2 aromatic carbocycles. The third-order valence-electron chi connectivity index (χ3n) is 4.63. The molecule has 1 atom stereocenters. The van der Waals surface area contributed by atoms with E-state index in [1.165, 1.54) is 4.90 Å². The number of amides is 1. The zero-order chi connectivity index (χ0) is 21.1. The summed E-state index contributed by atoms with van der Waals surface area (Å²) < 4.78 is 0.821. The Bertz CT molecular complexity index is 985. The van der Waals surface area contributed by atoms with Crippen LogP contribution in [0, 0.1) is 0 Å². The van der Waals surface area contributed by atoms with Crippen LogP contribution in [-0.4, -0.2) is 39.3 Å². The Kier molecular flexibility index (Phi) is 6.39. The van der Waals surface area contributed by atoms with Crippen LogP contribution in [0.25, 0.3) is 5.76 Å². The maximum Gasteiger partial charge on any atom is 0.303 e. The Morgan fingerprint density at radius 2 is 1.66 bits per heavy atom. The molecular formula is C21H17BrClNO5. The summed E-state index contributed by atoms with van der Waals surface area (Å²) in [4.78, 5) is 37.6. The van der Waals surface area contributed by atoms with Crippen molar-refractivity contribution in [3.63, 3.8) is 0 Å². The molecular weight excluding hydrogens is 462 g/mol. The van der Waals surface area contributed by atoms with Gasteiger partial charge in [-0.3, -0.25) is 14.4 Å². The van der Waals surface area contributed by atoms with Crippen molar-refractivity contribution in [2.75, 3.05) is 6.54 Å². The molecule has 8 heteroatoms. The molecule has 150 valence electrons. The van der Waals surface area contributed by atoms with Crippen LogP contribution in [0.5, 0.6) is 0 Å². The Morgan fingerprint density at radius 1 is 1.03 bits per heavy atom. The number of carboxylic acids is 1. The average Bonchev–Trinajstić information content (AvgIpc) is 2.93. The largest absolute Gasteiger partial charge is 0.507 e. The average molecular weight is 479 g/mol. The molecule has 1 amide bonds. The first-order valence-corrected chi connectivity index (χ1v) is 9.98. The van der Waals surface area contributed by atoms with Crippen LogP contribution in [0.2, 0.25) is 5.02 Å². The molecule has 2 N–H and O–H groups in total. The number of ketones is 1. The summed E-state index contributed by atoms with van der Waals surface area (Å²) in [5, 5.41) is 20.2. The van der Waals surface area contributed by atoms with E-state index in [9.17, 15) is 19.5 Å². The van der Waals surface area contributed by atoms with Crippen LogP contribution in [0.4, 0.5) is 0 Å². The lowest BCUT2D eigenvalue weighted by Crippen LogP contribution is -2.31. The van der Waals surface area contributed by atoms with Crippen molar-refractivity contribution >= 4 is 50.9 Å². The van der Waals surface area contributed by atoms with Crippen LogP contribution < -0.4 is 0 Å². The number of halogens is 2. The van der Waals surface area contributed by atoms with Crippen LogP contribution in [-0.2, 0) is 14.4 Å². The second-order valence-corrected chi connectivity index (χ2v) is 7.90. The second kappa shape index (κ2) is 8.80. The zero-order valence-electron chi connectivity index (χ0n) is 15.1. The summed E-state index contributed by atoms with van der Waals surface area (Å²) in [6.45, 7) is 0.0784. The number of aliphatic hydroxyl groups excluding tert-OH is 1. The van der Waals surface area contributed by atoms with E-state index in [0.29, 0.717) is 16.1 Å². The third-order valence-corrected chi connectivity index (χ3v) is 5.41. The number of carbonyl (C=O) groups is 3. The minimum absolute atomic E-state index is 0.0324. The van der Waals surface area contributed by atoms with Crippen molar-refractivity contribution in [2.45, 2.75) is 18.9 Å². The number of benzene rings is 2. The monoisotopic (exact) mass is 477 g/mol. The molecule has 0 saturated carbocycles. The highest BCUT2D eigenvalue weighted by atomic mass is 79.9. The van der Waals surface area contributed by atoms with Crippen LogP contribution in [0.3, 0.4) is 0 Å². The summed E-state index contributed by atoms with van der Waals surface area (Å²) in [5.74, 6) is -2.85. The van der Waals surface area contributed by atoms with Gasteiger partial charge in [-0.1, -0.05) is 39.7 Å². The van der Waals surface area contributed by atoms with E-state index in [4.69, 9.17) is 16.7 Å². The Hall–Kier alpha value is -2.64. The Morgan fingerprint density at radius 3 is 2.24 bits per heavy atom. The lowest BCUT2D eigenvalue weighted by molar-refractivity contribution is -0.140. The van der Waals surface area contributed by atoms with E-state index >= 15 is 0 Å². The highest BCUT2D eigenvalue weighted by Gasteiger charge is 2.45. The van der Waals surface area contributed by atoms with Gasteiger partial charge < -0.3 is 15.1 Å². The quantitative estimate of drug-likeness (QED) is 0.365. The van der Waals surface area contributed by atoms with Crippen molar-refractivity contribution in [2.24, 2.45) is 0 Å². The molecule has 29 heavy (non-hydrogen) atoms. The molecule has 3 rings (SSSR count). The molecule has 1 fully saturated rings. The van der Waals surface area contributed by atoms with Crippen molar-refractivity contribution in [3.05, 3.63) is 74.7 Å². The van der Waals surface area contributed by atoms with Gasteiger partial charge in [0.15, 0.2) is 0 Å². The molecule has 1 saturated heterocycles. The number of aliphatic hydroxyl groups is 1. The third kappa shape index (κ3) is 4.52. The topological polar surface area (TPSA) is 94.9 Å². The number of carboxylic acid groups (broad SMARTS) is 1. The number of aliphatic carboxylic acids is 1. The van der Waals surface area contributed by atoms with E-state index in [2.05, 4.69) is 15.9 Å². The lowest BCUT2D eigenvalue weighted by Gasteiger charge is -2.25. The molecule has 0 bridgehead atoms. The van der Waals surface area contributed by atoms with E-state index in [1.54, 1.807) is 48.5 Å². The predicted molar refractivity (Wildman–Crippen MR) is 111 cm³/mol. The van der Waals surface area contributed by atoms with Gasteiger partial charge in [0.2, 0.25) is 0 Å². The van der Waals surface area contributed by atoms with Gasteiger partial charge >= 0.3 is 5.97 Å². The first-order valence-electron chi connectivity index (χ1n) is 8.81. The molecule has 1 heterocycles. The van der Waals surface area contributed by atoms with Crippen LogP contribution in [0.15, 0.2) is 58.6 Å². The Labute approximate surface area is 180 Å². The van der Waals surface area contributed by atoms with Gasteiger partial charge in [0, 0.05) is 28.0 Å². The molecule has 0 spiro atoms. The summed E-state index contributed by atoms with van der Waals surface area (Å²) in [5.41, 5.74) is 0.966. The normalized spacial score (nSPS) is 18.3. The van der Waals surface area contributed by atoms with Crippen molar-refractivity contribution in [1.29, 1.82) is 0 Å². The second-order valence-electron chi connectivity index (χ2n) is 6.55. The first-order chi connectivity index (χ1) is 13.8. The van der Waals surface area contributed by atoms with Crippen molar-refractivity contribution in [3.8, 4) is 0 Å². The fourth-order valence-electron chi connectivity index (χ4n) is 3.27. The molecule has 2 aromatic rings. The maximum atomic E-state index is 12.8. The first kappa shape index (κ1) is 21.1. The van der Waals surface area contributed by atoms with E-state index in [0.717, 1.165) is 4.47 Å². The molecule has 1 aliphatic heterocycles. The molecule has 1 unspecified atom stereocenters. The van der Waals surface area contributed by atoms with E-state index < -0.39 is 23.7 Å². The predicted octanol–water partition coefficient (Wildman–Crippen LogP) is 4.39. The lowest BCUT2D eigenvalue weighted by atomic mass is 9.95. The number of Topliss-reactive ketones (excluding diaryl/α,β-unsaturated/α-hetero) is 1. The van der Waals surface area contributed by atoms with Crippen LogP contribution in [0.1, 0.15) is 30.0 Å². The fourth-order valence-corrected chi connectivity index (χ4v) is 3.66. The number of rotatable bonds is 6. The van der Waals surface area contributed by atoms with Gasteiger partial charge in [0.05, 0.1) is 11.6 Å². The number of nitrogens with zero attached hydrogens (tertiary/aromatic N) is 1. The molecule has 0 aliphatic carbocycles. The van der Waals surface area contributed by atoms with Crippen molar-refractivity contribution < 1.29 is 24.6 Å². The van der Waals surface area contributed by atoms with Crippen molar-refractivity contribution in [1.82, 2.24) is 4.90 Å². The molecule has 6 nitrogen and oxygen atoms in total. The molecule has 0 aromatic heterocycles. The van der Waals surface area contributed by atoms with Gasteiger partial charge in [-0.15, -0.1) is 0 Å². The molecule has 1 aliphatic rings. The van der Waals surface area contributed by atoms with E-state index in [-0.39, 0.29) is 30.7 Å². The number of hydrogen-bond acceptors (Lipinski definition) is 4. The van der Waals surface area contributed by atoms with Gasteiger partial charge in [0.1, 0.15) is 5.76 Å². The summed E-state index contributed by atoms with van der Waals surface area (Å²) in [6, 6.07) is 12.5. The smallest absolute Gasteiger partial charge is 0.303 e. The number of hydrogen-bond donors (Lipinski definition) is 2. The summed E-state index contributed by atoms with van der Waals surface area (Å²) >= 11 is 9.25. The van der Waals surface area contributed by atoms with E-state index in [1.807, 2.05) is 0 Å². The Balaban J connectivity index is 2.08. The summed E-state index contributed by atoms with van der Waals surface area (Å²) in [6.07, 6.45) is 0.0591. The van der Waals surface area contributed by atoms with Crippen LogP contribution >= 0.6 is 27.5 Å². The number of likely N-dealkylation sites (tertiary alicyclic amines) is 1. The van der Waals surface area contributed by atoms with Gasteiger partial charge in [-0.25, -0.2) is 0 Å². The van der Waals surface area contributed by atoms with Gasteiger partial charge in [-0.2, -0.15) is 0 Å². The number of carbonyl (C=O) groups excluding carboxylic acids is 2.